The number of H-pyrrole nitrogens is 2. The summed E-state index contributed by atoms with van der Waals surface area (Å²) < 4.78 is 0. The van der Waals surface area contributed by atoms with Crippen molar-refractivity contribution in [2.45, 2.75) is 13.3 Å². The fourth-order valence-electron chi connectivity index (χ4n) is 2.64. The number of carbonyl (C=O) groups excluding carboxylic acids is 1. The van der Waals surface area contributed by atoms with Crippen molar-refractivity contribution in [1.82, 2.24) is 25.1 Å². The van der Waals surface area contributed by atoms with Gasteiger partial charge < -0.3 is 14.8 Å². The standard InChI is InChI=1S/C14H18N6O2/c1-2-11-10(3-4-12(21)17-11)13(22)19-5-7-20(8-6-19)14-15-9-16-18-14/h3-4,9H,2,5-8H2,1H3,(H,17,21)(H,15,16,18). The molecule has 1 amide bonds. The van der Waals surface area contributed by atoms with Crippen LogP contribution in [0.15, 0.2) is 23.3 Å². The lowest BCUT2D eigenvalue weighted by Crippen LogP contribution is -2.49. The highest BCUT2D eigenvalue weighted by molar-refractivity contribution is 5.95. The Morgan fingerprint density at radius 2 is 2.05 bits per heavy atom. The molecule has 1 saturated heterocycles. The summed E-state index contributed by atoms with van der Waals surface area (Å²) in [5.41, 5.74) is 1.09. The molecule has 0 aliphatic carbocycles. The van der Waals surface area contributed by atoms with Crippen molar-refractivity contribution in [1.29, 1.82) is 0 Å². The number of nitrogens with zero attached hydrogens (tertiary/aromatic N) is 4. The monoisotopic (exact) mass is 302 g/mol. The van der Waals surface area contributed by atoms with Crippen LogP contribution in [0.1, 0.15) is 23.0 Å². The van der Waals surface area contributed by atoms with Crippen molar-refractivity contribution in [3.8, 4) is 0 Å². The Bertz CT molecular complexity index is 700. The van der Waals surface area contributed by atoms with Gasteiger partial charge in [0.25, 0.3) is 5.91 Å². The molecule has 0 atom stereocenters. The van der Waals surface area contributed by atoms with Crippen LogP contribution in [0, 0.1) is 0 Å². The lowest BCUT2D eigenvalue weighted by atomic mass is 10.1. The second-order valence-corrected chi connectivity index (χ2v) is 5.16. The zero-order chi connectivity index (χ0) is 15.5. The van der Waals surface area contributed by atoms with Crippen molar-refractivity contribution in [3.05, 3.63) is 40.1 Å². The Morgan fingerprint density at radius 3 is 2.68 bits per heavy atom. The summed E-state index contributed by atoms with van der Waals surface area (Å²) in [6.07, 6.45) is 2.09. The predicted molar refractivity (Wildman–Crippen MR) is 80.9 cm³/mol. The lowest BCUT2D eigenvalue weighted by Gasteiger charge is -2.34. The first-order valence-corrected chi connectivity index (χ1v) is 7.31. The van der Waals surface area contributed by atoms with E-state index in [4.69, 9.17) is 0 Å². The van der Waals surface area contributed by atoms with Crippen LogP contribution >= 0.6 is 0 Å². The smallest absolute Gasteiger partial charge is 0.255 e. The molecular formula is C14H18N6O2. The summed E-state index contributed by atoms with van der Waals surface area (Å²) in [4.78, 5) is 34.7. The maximum Gasteiger partial charge on any atom is 0.255 e. The van der Waals surface area contributed by atoms with Crippen LogP contribution in [-0.2, 0) is 6.42 Å². The van der Waals surface area contributed by atoms with E-state index in [0.717, 1.165) is 5.95 Å². The van der Waals surface area contributed by atoms with Gasteiger partial charge in [0.1, 0.15) is 6.33 Å². The van der Waals surface area contributed by atoms with Gasteiger partial charge in [0.15, 0.2) is 0 Å². The minimum absolute atomic E-state index is 0.0367. The molecule has 1 aliphatic rings. The van der Waals surface area contributed by atoms with Gasteiger partial charge in [-0.3, -0.25) is 9.59 Å². The molecule has 0 bridgehead atoms. The molecule has 8 nitrogen and oxygen atoms in total. The first kappa shape index (κ1) is 14.3. The highest BCUT2D eigenvalue weighted by Crippen LogP contribution is 2.13. The number of anilines is 1. The van der Waals surface area contributed by atoms with Crippen LogP contribution in [0.25, 0.3) is 0 Å². The second-order valence-electron chi connectivity index (χ2n) is 5.16. The maximum atomic E-state index is 12.6. The number of hydrogen-bond donors (Lipinski definition) is 2. The van der Waals surface area contributed by atoms with Gasteiger partial charge in [0.2, 0.25) is 11.5 Å². The number of aryl methyl sites for hydroxylation is 1. The number of nitrogens with one attached hydrogen (secondary N) is 2. The van der Waals surface area contributed by atoms with Gasteiger partial charge in [-0.25, -0.2) is 5.10 Å². The molecule has 2 N–H and O–H groups in total. The normalized spacial score (nSPS) is 15.1. The van der Waals surface area contributed by atoms with E-state index in [0.29, 0.717) is 43.9 Å². The molecule has 0 radical (unpaired) electrons. The average Bonchev–Trinajstić information content (AvgIpc) is 3.08. The van der Waals surface area contributed by atoms with Crippen LogP contribution in [0.4, 0.5) is 5.95 Å². The molecule has 0 spiro atoms. The number of hydrogen-bond acceptors (Lipinski definition) is 5. The van der Waals surface area contributed by atoms with Gasteiger partial charge in [0, 0.05) is 37.9 Å². The summed E-state index contributed by atoms with van der Waals surface area (Å²) in [5.74, 6) is 0.690. The van der Waals surface area contributed by atoms with Gasteiger partial charge in [0.05, 0.1) is 5.56 Å². The van der Waals surface area contributed by atoms with Crippen LogP contribution < -0.4 is 10.5 Å². The Labute approximate surface area is 127 Å². The molecule has 2 aromatic heterocycles. The summed E-state index contributed by atoms with van der Waals surface area (Å²) >= 11 is 0. The highest BCUT2D eigenvalue weighted by atomic mass is 16.2. The zero-order valence-corrected chi connectivity index (χ0v) is 12.4. The van der Waals surface area contributed by atoms with E-state index in [1.807, 2.05) is 6.92 Å². The second kappa shape index (κ2) is 6.00. The van der Waals surface area contributed by atoms with E-state index in [9.17, 15) is 9.59 Å². The van der Waals surface area contributed by atoms with E-state index in [1.165, 1.54) is 12.4 Å². The highest BCUT2D eigenvalue weighted by Gasteiger charge is 2.24. The number of aromatic amines is 2. The van der Waals surface area contributed by atoms with Gasteiger partial charge in [-0.2, -0.15) is 10.1 Å². The van der Waals surface area contributed by atoms with Gasteiger partial charge in [-0.1, -0.05) is 6.92 Å². The zero-order valence-electron chi connectivity index (χ0n) is 12.4. The maximum absolute atomic E-state index is 12.6. The fraction of sp³-hybridized carbons (Fsp3) is 0.429. The first-order chi connectivity index (χ1) is 10.7. The van der Waals surface area contributed by atoms with Crippen molar-refractivity contribution < 1.29 is 4.79 Å². The van der Waals surface area contributed by atoms with E-state index < -0.39 is 0 Å². The number of amides is 1. The van der Waals surface area contributed by atoms with Gasteiger partial charge in [-0.15, -0.1) is 0 Å². The third-order valence-corrected chi connectivity index (χ3v) is 3.85. The lowest BCUT2D eigenvalue weighted by molar-refractivity contribution is 0.0744. The molecule has 8 heteroatoms. The molecule has 1 fully saturated rings. The molecule has 0 aromatic carbocycles. The molecule has 3 heterocycles. The van der Waals surface area contributed by atoms with Crippen LogP contribution in [0.2, 0.25) is 0 Å². The van der Waals surface area contributed by atoms with Crippen molar-refractivity contribution in [2.24, 2.45) is 0 Å². The van der Waals surface area contributed by atoms with Crippen molar-refractivity contribution in [3.63, 3.8) is 0 Å². The summed E-state index contributed by atoms with van der Waals surface area (Å²) in [6.45, 7) is 4.55. The minimum Gasteiger partial charge on any atom is -0.338 e. The Morgan fingerprint density at radius 1 is 1.27 bits per heavy atom. The Balaban J connectivity index is 1.71. The number of aromatic nitrogens is 4. The minimum atomic E-state index is -0.177. The summed E-state index contributed by atoms with van der Waals surface area (Å²) in [5, 5.41) is 6.67. The third kappa shape index (κ3) is 2.72. The van der Waals surface area contributed by atoms with E-state index >= 15 is 0 Å². The van der Waals surface area contributed by atoms with E-state index in [-0.39, 0.29) is 11.5 Å². The quantitative estimate of drug-likeness (QED) is 0.833. The van der Waals surface area contributed by atoms with Gasteiger partial charge >= 0.3 is 0 Å². The van der Waals surface area contributed by atoms with Crippen LogP contribution in [0.5, 0.6) is 0 Å². The largest absolute Gasteiger partial charge is 0.338 e. The molecule has 0 saturated carbocycles. The van der Waals surface area contributed by atoms with Crippen LogP contribution in [0.3, 0.4) is 0 Å². The fourth-order valence-corrected chi connectivity index (χ4v) is 2.64. The first-order valence-electron chi connectivity index (χ1n) is 7.31. The topological polar surface area (TPSA) is 98.0 Å². The summed E-state index contributed by atoms with van der Waals surface area (Å²) in [6, 6.07) is 3.01. The number of pyridine rings is 1. The van der Waals surface area contributed by atoms with Gasteiger partial charge in [-0.05, 0) is 12.5 Å². The molecule has 1 aliphatic heterocycles. The summed E-state index contributed by atoms with van der Waals surface area (Å²) in [7, 11) is 0. The Kier molecular flexibility index (Phi) is 3.90. The SMILES string of the molecule is CCc1[nH]c(=O)ccc1C(=O)N1CCN(c2ncn[nH]2)CC1. The molecule has 3 rings (SSSR count). The van der Waals surface area contributed by atoms with Crippen LogP contribution in [-0.4, -0.2) is 57.2 Å². The van der Waals surface area contributed by atoms with E-state index in [2.05, 4.69) is 25.1 Å². The number of piperazine rings is 1. The molecule has 2 aromatic rings. The van der Waals surface area contributed by atoms with Crippen molar-refractivity contribution in [2.75, 3.05) is 31.1 Å². The molecule has 22 heavy (non-hydrogen) atoms. The Hall–Kier alpha value is -2.64. The van der Waals surface area contributed by atoms with E-state index in [1.54, 1.807) is 11.0 Å². The molecular weight excluding hydrogens is 284 g/mol. The average molecular weight is 302 g/mol. The molecule has 0 unspecified atom stereocenters. The number of rotatable bonds is 3. The number of carbonyl (C=O) groups is 1. The third-order valence-electron chi connectivity index (χ3n) is 3.85. The van der Waals surface area contributed by atoms with Crippen molar-refractivity contribution >= 4 is 11.9 Å². The molecule has 116 valence electrons. The predicted octanol–water partition coefficient (Wildman–Crippen LogP) is 0.0178.